The number of H-pyrrole nitrogens is 1. The normalized spacial score (nSPS) is 21.8. The summed E-state index contributed by atoms with van der Waals surface area (Å²) in [6.45, 7) is 8.54. The Morgan fingerprint density at radius 1 is 1.24 bits per heavy atom. The highest BCUT2D eigenvalue weighted by atomic mass is 32.2. The molecule has 1 saturated carbocycles. The van der Waals surface area contributed by atoms with Gasteiger partial charge >= 0.3 is 6.18 Å². The van der Waals surface area contributed by atoms with Crippen LogP contribution in [0.3, 0.4) is 0 Å². The van der Waals surface area contributed by atoms with E-state index in [0.29, 0.717) is 41.4 Å². The molecule has 0 bridgehead atoms. The molecule has 3 aromatic rings. The van der Waals surface area contributed by atoms with Gasteiger partial charge in [0.15, 0.2) is 0 Å². The number of hydrogen-bond acceptors (Lipinski definition) is 6. The number of carbonyl (C=O) groups excluding carboxylic acids is 1. The van der Waals surface area contributed by atoms with Gasteiger partial charge < -0.3 is 20.1 Å². The average Bonchev–Trinajstić information content (AvgIpc) is 3.61. The van der Waals surface area contributed by atoms with Gasteiger partial charge in [-0.3, -0.25) is 15.0 Å². The third-order valence-electron chi connectivity index (χ3n) is 8.38. The summed E-state index contributed by atoms with van der Waals surface area (Å²) in [7, 11) is 0. The number of amides is 1. The van der Waals surface area contributed by atoms with Gasteiger partial charge in [-0.2, -0.15) is 13.2 Å². The highest BCUT2D eigenvalue weighted by Gasteiger charge is 2.46. The summed E-state index contributed by atoms with van der Waals surface area (Å²) in [4.78, 5) is 32.1. The summed E-state index contributed by atoms with van der Waals surface area (Å²) in [6, 6.07) is 2.25. The Bertz CT molecular complexity index is 1630. The molecule has 7 nitrogen and oxygen atoms in total. The van der Waals surface area contributed by atoms with Crippen molar-refractivity contribution in [1.82, 2.24) is 14.8 Å². The largest absolute Gasteiger partial charge is 0.417 e. The summed E-state index contributed by atoms with van der Waals surface area (Å²) in [5.41, 5.74) is -0.597. The maximum atomic E-state index is 14.9. The van der Waals surface area contributed by atoms with Gasteiger partial charge in [-0.15, -0.1) is 23.1 Å². The molecule has 3 aliphatic rings. The summed E-state index contributed by atoms with van der Waals surface area (Å²) >= 11 is 2.52. The molecule has 12 heteroatoms. The zero-order chi connectivity index (χ0) is 29.3. The van der Waals surface area contributed by atoms with E-state index in [1.807, 2.05) is 13.8 Å². The van der Waals surface area contributed by atoms with E-state index in [2.05, 4.69) is 16.9 Å². The van der Waals surface area contributed by atoms with E-state index in [0.717, 1.165) is 30.2 Å². The molecule has 1 saturated heterocycles. The van der Waals surface area contributed by atoms with Crippen molar-refractivity contribution in [3.05, 3.63) is 57.8 Å². The lowest BCUT2D eigenvalue weighted by atomic mass is 9.96. The van der Waals surface area contributed by atoms with Gasteiger partial charge in [0, 0.05) is 64.6 Å². The molecule has 1 spiro atoms. The van der Waals surface area contributed by atoms with E-state index < -0.39 is 17.3 Å². The maximum absolute atomic E-state index is 14.9. The summed E-state index contributed by atoms with van der Waals surface area (Å²) in [5.74, 6) is 0.431. The first-order valence-corrected chi connectivity index (χ1v) is 15.3. The number of halogens is 3. The van der Waals surface area contributed by atoms with Gasteiger partial charge in [0.05, 0.1) is 16.6 Å². The molecular formula is C29H30F3N5O2S2. The van der Waals surface area contributed by atoms with E-state index in [-0.39, 0.29) is 50.6 Å². The summed E-state index contributed by atoms with van der Waals surface area (Å²) < 4.78 is 44.8. The quantitative estimate of drug-likeness (QED) is 0.194. The number of nitrogens with one attached hydrogen (secondary N) is 3. The van der Waals surface area contributed by atoms with E-state index in [1.165, 1.54) is 24.0 Å². The molecule has 6 rings (SSSR count). The SMILES string of the molecule is C=CC(=O)N1[C@H](C)CN(C(=N)c2cc(C(F)(F)F)c(-c3scc4cc[nH]c(=O)c34)c3c2NCC2(CC2)CS3)C[C@@H]1C. The number of carbonyl (C=O) groups is 1. The van der Waals surface area contributed by atoms with Gasteiger partial charge in [0.25, 0.3) is 5.56 Å². The number of aromatic nitrogens is 1. The first kappa shape index (κ1) is 27.9. The molecule has 3 N–H and O–H groups in total. The van der Waals surface area contributed by atoms with Crippen LogP contribution in [0.5, 0.6) is 0 Å². The summed E-state index contributed by atoms with van der Waals surface area (Å²) in [5, 5.41) is 15.2. The van der Waals surface area contributed by atoms with Crippen molar-refractivity contribution < 1.29 is 18.0 Å². The van der Waals surface area contributed by atoms with Crippen LogP contribution < -0.4 is 10.9 Å². The highest BCUT2D eigenvalue weighted by Crippen LogP contribution is 2.56. The van der Waals surface area contributed by atoms with Gasteiger partial charge in [0.2, 0.25) is 5.91 Å². The van der Waals surface area contributed by atoms with Gasteiger partial charge in [0.1, 0.15) is 5.84 Å². The number of amidine groups is 1. The number of benzene rings is 1. The first-order valence-electron chi connectivity index (χ1n) is 13.5. The van der Waals surface area contributed by atoms with Crippen LogP contribution in [0, 0.1) is 10.8 Å². The van der Waals surface area contributed by atoms with E-state index in [9.17, 15) is 28.2 Å². The first-order chi connectivity index (χ1) is 19.4. The second-order valence-electron chi connectivity index (χ2n) is 11.3. The minimum Gasteiger partial charge on any atom is -0.383 e. The number of fused-ring (bicyclic) bond motifs is 2. The van der Waals surface area contributed by atoms with Crippen LogP contribution in [0.25, 0.3) is 21.2 Å². The smallest absolute Gasteiger partial charge is 0.383 e. The molecule has 4 heterocycles. The topological polar surface area (TPSA) is 92.3 Å². The molecule has 2 aromatic heterocycles. The van der Waals surface area contributed by atoms with Crippen molar-refractivity contribution in [2.45, 2.75) is 49.8 Å². The Morgan fingerprint density at radius 2 is 1.95 bits per heavy atom. The van der Waals surface area contributed by atoms with Crippen molar-refractivity contribution in [2.24, 2.45) is 5.41 Å². The fourth-order valence-electron chi connectivity index (χ4n) is 6.07. The molecule has 1 amide bonds. The zero-order valence-corrected chi connectivity index (χ0v) is 24.3. The fourth-order valence-corrected chi connectivity index (χ4v) is 8.76. The predicted molar refractivity (Wildman–Crippen MR) is 158 cm³/mol. The number of thioether (sulfide) groups is 1. The number of anilines is 1. The second kappa shape index (κ2) is 9.94. The Balaban J connectivity index is 1.53. The number of rotatable bonds is 3. The standard InChI is InChI=1S/C29H30F3N5O2S2/c1-4-20(38)37-15(2)10-36(11-16(37)3)26(33)18-9-19(29(30,31)32)22(24-21-17(12-40-24)5-8-34-27(21)39)25-23(18)35-13-28(6-7-28)14-41-25/h4-5,8-9,12,15-16,33,35H,1,6-7,10-11,13-14H2,2-3H3,(H,34,39)/t15-,16+. The number of piperazine rings is 1. The van der Waals surface area contributed by atoms with Crippen LogP contribution in [-0.4, -0.2) is 64.0 Å². The monoisotopic (exact) mass is 601 g/mol. The minimum atomic E-state index is -4.73. The molecule has 2 fully saturated rings. The van der Waals surface area contributed by atoms with Crippen LogP contribution in [0.2, 0.25) is 0 Å². The number of hydrogen-bond donors (Lipinski definition) is 3. The molecule has 0 unspecified atom stereocenters. The fraction of sp³-hybridized carbons (Fsp3) is 0.414. The van der Waals surface area contributed by atoms with Crippen LogP contribution in [0.1, 0.15) is 37.8 Å². The average molecular weight is 602 g/mol. The summed E-state index contributed by atoms with van der Waals surface area (Å²) in [6.07, 6.45) is 0.0119. The lowest BCUT2D eigenvalue weighted by Crippen LogP contribution is -2.59. The van der Waals surface area contributed by atoms with E-state index in [1.54, 1.807) is 21.2 Å². The number of aromatic amines is 1. The van der Waals surface area contributed by atoms with Crippen LogP contribution >= 0.6 is 23.1 Å². The second-order valence-corrected chi connectivity index (χ2v) is 13.2. The van der Waals surface area contributed by atoms with Crippen LogP contribution in [-0.2, 0) is 11.0 Å². The number of alkyl halides is 3. The molecule has 1 aromatic carbocycles. The van der Waals surface area contributed by atoms with Crippen LogP contribution in [0.4, 0.5) is 18.9 Å². The van der Waals surface area contributed by atoms with Gasteiger partial charge in [-0.25, -0.2) is 0 Å². The van der Waals surface area contributed by atoms with Crippen molar-refractivity contribution in [3.8, 4) is 10.4 Å². The molecule has 2 atom stereocenters. The number of thiophene rings is 1. The molecular weight excluding hydrogens is 571 g/mol. The Labute approximate surface area is 243 Å². The van der Waals surface area contributed by atoms with Crippen molar-refractivity contribution >= 4 is 51.3 Å². The zero-order valence-electron chi connectivity index (χ0n) is 22.7. The van der Waals surface area contributed by atoms with Crippen molar-refractivity contribution in [2.75, 3.05) is 30.7 Å². The third kappa shape index (κ3) is 4.74. The minimum absolute atomic E-state index is 0.000847. The van der Waals surface area contributed by atoms with E-state index >= 15 is 0 Å². The van der Waals surface area contributed by atoms with Crippen LogP contribution in [0.15, 0.2) is 46.1 Å². The van der Waals surface area contributed by atoms with Gasteiger partial charge in [-0.05, 0) is 61.1 Å². The van der Waals surface area contributed by atoms with Crippen molar-refractivity contribution in [3.63, 3.8) is 0 Å². The Morgan fingerprint density at radius 3 is 2.59 bits per heavy atom. The maximum Gasteiger partial charge on any atom is 0.417 e. The lowest BCUT2D eigenvalue weighted by molar-refractivity contribution is -0.137. The molecule has 216 valence electrons. The van der Waals surface area contributed by atoms with E-state index in [4.69, 9.17) is 0 Å². The third-order valence-corrected chi connectivity index (χ3v) is 10.8. The Hall–Kier alpha value is -3.25. The lowest BCUT2D eigenvalue weighted by Gasteiger charge is -2.45. The number of nitrogens with zero attached hydrogens (tertiary/aromatic N) is 2. The highest BCUT2D eigenvalue weighted by molar-refractivity contribution is 7.99. The number of pyridine rings is 1. The molecule has 41 heavy (non-hydrogen) atoms. The molecule has 1 aliphatic carbocycles. The molecule has 2 aliphatic heterocycles. The molecule has 0 radical (unpaired) electrons. The Kier molecular flexibility index (Phi) is 6.76. The predicted octanol–water partition coefficient (Wildman–Crippen LogP) is 6.01. The van der Waals surface area contributed by atoms with Gasteiger partial charge in [-0.1, -0.05) is 6.58 Å². The van der Waals surface area contributed by atoms with Crippen molar-refractivity contribution in [1.29, 1.82) is 5.41 Å².